The number of hydrogen-bond acceptors (Lipinski definition) is 0. The molecular weight excluding hydrogens is 368 g/mol. The summed E-state index contributed by atoms with van der Waals surface area (Å²) in [5, 5.41) is 0. The van der Waals surface area contributed by atoms with E-state index in [0.29, 0.717) is 5.92 Å². The van der Waals surface area contributed by atoms with E-state index >= 15 is 0 Å². The van der Waals surface area contributed by atoms with Crippen LogP contribution in [-0.2, 0) is 17.3 Å². The third-order valence-corrected chi connectivity index (χ3v) is 8.16. The quantitative estimate of drug-likeness (QED) is 0.279. The van der Waals surface area contributed by atoms with E-state index in [1.165, 1.54) is 42.5 Å². The average molecular weight is 394 g/mol. The summed E-state index contributed by atoms with van der Waals surface area (Å²) >= 11 is 0. The van der Waals surface area contributed by atoms with Crippen molar-refractivity contribution >= 4 is 10.9 Å². The lowest BCUT2D eigenvalue weighted by atomic mass is 9.97. The second kappa shape index (κ2) is 7.57. The van der Waals surface area contributed by atoms with E-state index in [9.17, 15) is 0 Å². The molecule has 29 heavy (non-hydrogen) atoms. The standard InChI is InChI=1S/C28H25S/c1-20(2)23-14-17-28-25(18-23)19-24-10-6-7-11-27(24)29(28)26-15-12-22(13-16-26)21-8-4-3-5-9-21/h3-18,20H,19H2,1-2H3/q+1. The molecule has 5 rings (SSSR count). The van der Waals surface area contributed by atoms with Gasteiger partial charge in [0.25, 0.3) is 0 Å². The second-order valence-corrected chi connectivity index (χ2v) is 9.97. The minimum absolute atomic E-state index is 0.0441. The Labute approximate surface area is 176 Å². The zero-order chi connectivity index (χ0) is 19.8. The van der Waals surface area contributed by atoms with Crippen molar-refractivity contribution in [1.29, 1.82) is 0 Å². The van der Waals surface area contributed by atoms with Crippen LogP contribution in [0.4, 0.5) is 0 Å². The van der Waals surface area contributed by atoms with Gasteiger partial charge in [-0.25, -0.2) is 0 Å². The highest BCUT2D eigenvalue weighted by molar-refractivity contribution is 7.97. The highest BCUT2D eigenvalue weighted by Crippen LogP contribution is 2.41. The molecule has 4 aromatic carbocycles. The van der Waals surface area contributed by atoms with Crippen molar-refractivity contribution in [2.45, 2.75) is 40.9 Å². The van der Waals surface area contributed by atoms with E-state index < -0.39 is 0 Å². The molecule has 1 heteroatoms. The topological polar surface area (TPSA) is 0 Å². The van der Waals surface area contributed by atoms with Crippen LogP contribution in [0.25, 0.3) is 11.1 Å². The molecule has 0 saturated carbocycles. The third-order valence-electron chi connectivity index (χ3n) is 5.74. The van der Waals surface area contributed by atoms with Crippen LogP contribution >= 0.6 is 0 Å². The number of rotatable bonds is 3. The fourth-order valence-corrected chi connectivity index (χ4v) is 6.50. The SMILES string of the molecule is CC(C)c1ccc2c(c1)Cc1ccccc1[S+]2c1ccc(-c2ccccc2)cc1. The molecule has 0 spiro atoms. The molecular formula is C28H25S+. The fraction of sp³-hybridized carbons (Fsp3) is 0.143. The van der Waals surface area contributed by atoms with E-state index in [4.69, 9.17) is 0 Å². The molecule has 1 heterocycles. The summed E-state index contributed by atoms with van der Waals surface area (Å²) in [6.07, 6.45) is 1.04. The molecule has 0 radical (unpaired) electrons. The first-order chi connectivity index (χ1) is 14.2. The summed E-state index contributed by atoms with van der Waals surface area (Å²) in [5.74, 6) is 0.560. The molecule has 0 N–H and O–H groups in total. The molecule has 1 atom stereocenters. The van der Waals surface area contributed by atoms with E-state index in [2.05, 4.69) is 111 Å². The van der Waals surface area contributed by atoms with Crippen molar-refractivity contribution < 1.29 is 0 Å². The predicted octanol–water partition coefficient (Wildman–Crippen LogP) is 7.48. The Morgan fingerprint density at radius 3 is 2.03 bits per heavy atom. The van der Waals surface area contributed by atoms with E-state index in [0.717, 1.165) is 6.42 Å². The van der Waals surface area contributed by atoms with Crippen molar-refractivity contribution in [2.75, 3.05) is 0 Å². The highest BCUT2D eigenvalue weighted by atomic mass is 32.2. The summed E-state index contributed by atoms with van der Waals surface area (Å²) < 4.78 is 0. The molecule has 1 aliphatic heterocycles. The van der Waals surface area contributed by atoms with Crippen LogP contribution in [0, 0.1) is 0 Å². The fourth-order valence-electron chi connectivity index (χ4n) is 4.14. The van der Waals surface area contributed by atoms with E-state index in [1.54, 1.807) is 0 Å². The van der Waals surface area contributed by atoms with E-state index in [-0.39, 0.29) is 10.9 Å². The molecule has 0 nitrogen and oxygen atoms in total. The van der Waals surface area contributed by atoms with Gasteiger partial charge in [-0.1, -0.05) is 74.5 Å². The van der Waals surface area contributed by atoms with Crippen molar-refractivity contribution in [3.8, 4) is 11.1 Å². The summed E-state index contributed by atoms with van der Waals surface area (Å²) in [6.45, 7) is 4.56. The molecule has 4 aromatic rings. The Balaban J connectivity index is 1.61. The highest BCUT2D eigenvalue weighted by Gasteiger charge is 2.37. The Kier molecular flexibility index (Phi) is 4.77. The van der Waals surface area contributed by atoms with Crippen LogP contribution in [0.1, 0.15) is 36.5 Å². The Bertz CT molecular complexity index is 1140. The second-order valence-electron chi connectivity index (χ2n) is 8.00. The van der Waals surface area contributed by atoms with Gasteiger partial charge < -0.3 is 0 Å². The normalized spacial score (nSPS) is 15.1. The van der Waals surface area contributed by atoms with Crippen molar-refractivity contribution in [1.82, 2.24) is 0 Å². The monoisotopic (exact) mass is 393 g/mol. The lowest BCUT2D eigenvalue weighted by Crippen LogP contribution is -2.16. The molecule has 0 bridgehead atoms. The summed E-state index contributed by atoms with van der Waals surface area (Å²) in [5.41, 5.74) is 6.94. The van der Waals surface area contributed by atoms with Crippen LogP contribution in [0.2, 0.25) is 0 Å². The Morgan fingerprint density at radius 2 is 1.28 bits per heavy atom. The van der Waals surface area contributed by atoms with Gasteiger partial charge in [-0.05, 0) is 59.0 Å². The zero-order valence-corrected chi connectivity index (χ0v) is 17.7. The molecule has 0 amide bonds. The van der Waals surface area contributed by atoms with Gasteiger partial charge in [0, 0.05) is 17.5 Å². The molecule has 0 fully saturated rings. The summed E-state index contributed by atoms with van der Waals surface area (Å²) in [6, 6.07) is 36.0. The molecule has 1 aliphatic rings. The van der Waals surface area contributed by atoms with Crippen molar-refractivity contribution in [3.63, 3.8) is 0 Å². The lowest BCUT2D eigenvalue weighted by Gasteiger charge is -2.21. The maximum Gasteiger partial charge on any atom is 0.170 e. The van der Waals surface area contributed by atoms with Crippen LogP contribution in [-0.4, -0.2) is 0 Å². The number of benzene rings is 4. The number of fused-ring (bicyclic) bond motifs is 2. The predicted molar refractivity (Wildman–Crippen MR) is 124 cm³/mol. The van der Waals surface area contributed by atoms with Gasteiger partial charge in [0.2, 0.25) is 0 Å². The Hall–Kier alpha value is -2.77. The average Bonchev–Trinajstić information content (AvgIpc) is 2.78. The maximum atomic E-state index is 2.44. The van der Waals surface area contributed by atoms with E-state index in [1.807, 2.05) is 0 Å². The first-order valence-corrected chi connectivity index (χ1v) is 11.5. The van der Waals surface area contributed by atoms with Gasteiger partial charge in [-0.15, -0.1) is 0 Å². The number of hydrogen-bond donors (Lipinski definition) is 0. The van der Waals surface area contributed by atoms with Gasteiger partial charge >= 0.3 is 0 Å². The van der Waals surface area contributed by atoms with Crippen LogP contribution in [0.5, 0.6) is 0 Å². The largest absolute Gasteiger partial charge is 0.170 e. The van der Waals surface area contributed by atoms with Gasteiger partial charge in [-0.3, -0.25) is 0 Å². The van der Waals surface area contributed by atoms with Gasteiger partial charge in [-0.2, -0.15) is 0 Å². The van der Waals surface area contributed by atoms with Gasteiger partial charge in [0.15, 0.2) is 14.7 Å². The zero-order valence-electron chi connectivity index (χ0n) is 16.9. The van der Waals surface area contributed by atoms with Gasteiger partial charge in [0.1, 0.15) is 0 Å². The minimum atomic E-state index is -0.0441. The first-order valence-electron chi connectivity index (χ1n) is 10.3. The van der Waals surface area contributed by atoms with Crippen molar-refractivity contribution in [2.24, 2.45) is 0 Å². The smallest absolute Gasteiger partial charge is 0.0622 e. The molecule has 0 aromatic heterocycles. The molecule has 142 valence electrons. The van der Waals surface area contributed by atoms with Crippen LogP contribution < -0.4 is 0 Å². The van der Waals surface area contributed by atoms with Crippen LogP contribution in [0.15, 0.2) is 112 Å². The lowest BCUT2D eigenvalue weighted by molar-refractivity contribution is 0.857. The summed E-state index contributed by atoms with van der Waals surface area (Å²) in [7, 11) is -0.0441. The first kappa shape index (κ1) is 18.3. The third kappa shape index (κ3) is 3.41. The maximum absolute atomic E-state index is 2.44. The Morgan fingerprint density at radius 1 is 0.621 bits per heavy atom. The summed E-state index contributed by atoms with van der Waals surface area (Å²) in [4.78, 5) is 4.36. The minimum Gasteiger partial charge on any atom is -0.0622 e. The van der Waals surface area contributed by atoms with Crippen LogP contribution in [0.3, 0.4) is 0 Å². The van der Waals surface area contributed by atoms with Gasteiger partial charge in [0.05, 0.1) is 10.9 Å². The van der Waals surface area contributed by atoms with Crippen molar-refractivity contribution in [3.05, 3.63) is 114 Å². The molecule has 1 unspecified atom stereocenters. The molecule has 0 aliphatic carbocycles. The molecule has 0 saturated heterocycles.